The second kappa shape index (κ2) is 4.23. The maximum absolute atomic E-state index is 5.70. The Labute approximate surface area is 78.9 Å². The van der Waals surface area contributed by atoms with Crippen molar-refractivity contribution in [3.05, 3.63) is 23.5 Å². The average molecular weight is 180 g/mol. The van der Waals surface area contributed by atoms with E-state index in [2.05, 4.69) is 4.98 Å². The molecule has 1 unspecified atom stereocenters. The number of aromatic nitrogens is 1. The minimum atomic E-state index is 0.114. The molecule has 0 aliphatic carbocycles. The lowest BCUT2D eigenvalue weighted by atomic mass is 10.1. The molecule has 1 aromatic heterocycles. The molecule has 1 aromatic rings. The Morgan fingerprint density at radius 2 is 2.23 bits per heavy atom. The van der Waals surface area contributed by atoms with Crippen LogP contribution in [-0.4, -0.2) is 18.1 Å². The van der Waals surface area contributed by atoms with Gasteiger partial charge < -0.3 is 10.5 Å². The second-order valence-corrected chi connectivity index (χ2v) is 3.28. The summed E-state index contributed by atoms with van der Waals surface area (Å²) in [6, 6.07) is 3.98. The Balaban J connectivity index is 2.94. The summed E-state index contributed by atoms with van der Waals surface area (Å²) in [5.74, 6) is 0.822. The molecule has 0 aliphatic rings. The van der Waals surface area contributed by atoms with Gasteiger partial charge in [0.25, 0.3) is 0 Å². The van der Waals surface area contributed by atoms with Crippen molar-refractivity contribution in [2.45, 2.75) is 26.3 Å². The van der Waals surface area contributed by atoms with Crippen molar-refractivity contribution in [3.8, 4) is 5.75 Å². The molecule has 72 valence electrons. The van der Waals surface area contributed by atoms with E-state index >= 15 is 0 Å². The van der Waals surface area contributed by atoms with E-state index in [-0.39, 0.29) is 6.04 Å². The number of hydrogen-bond donors (Lipinski definition) is 1. The van der Waals surface area contributed by atoms with Gasteiger partial charge in [0, 0.05) is 18.2 Å². The fraction of sp³-hybridized carbons (Fsp3) is 0.500. The molecular formula is C10H16N2O. The van der Waals surface area contributed by atoms with Gasteiger partial charge in [0.1, 0.15) is 5.75 Å². The lowest BCUT2D eigenvalue weighted by molar-refractivity contribution is 0.405. The Hall–Kier alpha value is -1.09. The number of methoxy groups -OCH3 is 1. The maximum atomic E-state index is 5.70. The zero-order valence-corrected chi connectivity index (χ0v) is 8.37. The third-order valence-corrected chi connectivity index (χ3v) is 1.81. The fourth-order valence-corrected chi connectivity index (χ4v) is 1.23. The number of nitrogens with zero attached hydrogens (tertiary/aromatic N) is 1. The van der Waals surface area contributed by atoms with Crippen molar-refractivity contribution in [1.82, 2.24) is 4.98 Å². The van der Waals surface area contributed by atoms with Crippen molar-refractivity contribution >= 4 is 0 Å². The molecule has 0 aromatic carbocycles. The first-order valence-electron chi connectivity index (χ1n) is 4.39. The first-order chi connectivity index (χ1) is 6.13. The Morgan fingerprint density at radius 3 is 2.77 bits per heavy atom. The first-order valence-corrected chi connectivity index (χ1v) is 4.39. The quantitative estimate of drug-likeness (QED) is 0.762. The van der Waals surface area contributed by atoms with Gasteiger partial charge in [-0.05, 0) is 26.0 Å². The number of pyridine rings is 1. The Morgan fingerprint density at radius 1 is 1.54 bits per heavy atom. The molecule has 0 radical (unpaired) electrons. The van der Waals surface area contributed by atoms with E-state index in [1.807, 2.05) is 26.0 Å². The van der Waals surface area contributed by atoms with Crippen molar-refractivity contribution in [3.63, 3.8) is 0 Å². The SMILES string of the molecule is COc1ccc(C)nc1CC(C)N. The van der Waals surface area contributed by atoms with E-state index in [1.165, 1.54) is 0 Å². The molecule has 0 saturated heterocycles. The van der Waals surface area contributed by atoms with Gasteiger partial charge in [0.05, 0.1) is 12.8 Å². The Bertz CT molecular complexity index is 284. The van der Waals surface area contributed by atoms with Crippen LogP contribution in [-0.2, 0) is 6.42 Å². The van der Waals surface area contributed by atoms with Crippen LogP contribution in [0.2, 0.25) is 0 Å². The number of ether oxygens (including phenoxy) is 1. The monoisotopic (exact) mass is 180 g/mol. The number of rotatable bonds is 3. The highest BCUT2D eigenvalue weighted by Crippen LogP contribution is 2.17. The molecule has 0 amide bonds. The van der Waals surface area contributed by atoms with Gasteiger partial charge >= 0.3 is 0 Å². The highest BCUT2D eigenvalue weighted by molar-refractivity contribution is 5.29. The zero-order chi connectivity index (χ0) is 9.84. The minimum absolute atomic E-state index is 0.114. The maximum Gasteiger partial charge on any atom is 0.140 e. The van der Waals surface area contributed by atoms with E-state index < -0.39 is 0 Å². The van der Waals surface area contributed by atoms with Gasteiger partial charge in [-0.25, -0.2) is 0 Å². The third kappa shape index (κ3) is 2.70. The van der Waals surface area contributed by atoms with E-state index in [0.717, 1.165) is 23.6 Å². The molecular weight excluding hydrogens is 164 g/mol. The summed E-state index contributed by atoms with van der Waals surface area (Å²) in [6.07, 6.45) is 0.755. The van der Waals surface area contributed by atoms with Crippen LogP contribution in [0, 0.1) is 6.92 Å². The first kappa shape index (κ1) is 9.99. The fourth-order valence-electron chi connectivity index (χ4n) is 1.23. The molecule has 13 heavy (non-hydrogen) atoms. The van der Waals surface area contributed by atoms with E-state index in [4.69, 9.17) is 10.5 Å². The molecule has 0 saturated carbocycles. The lowest BCUT2D eigenvalue weighted by Gasteiger charge is -2.09. The number of aryl methyl sites for hydroxylation is 1. The molecule has 1 rings (SSSR count). The van der Waals surface area contributed by atoms with Crippen LogP contribution in [0.3, 0.4) is 0 Å². The largest absolute Gasteiger partial charge is 0.495 e. The summed E-state index contributed by atoms with van der Waals surface area (Å²) in [4.78, 5) is 4.38. The highest BCUT2D eigenvalue weighted by atomic mass is 16.5. The Kier molecular flexibility index (Phi) is 3.25. The van der Waals surface area contributed by atoms with Crippen LogP contribution < -0.4 is 10.5 Å². The van der Waals surface area contributed by atoms with E-state index in [9.17, 15) is 0 Å². The van der Waals surface area contributed by atoms with Crippen LogP contribution in [0.25, 0.3) is 0 Å². The minimum Gasteiger partial charge on any atom is -0.495 e. The summed E-state index contributed by atoms with van der Waals surface area (Å²) in [7, 11) is 1.65. The van der Waals surface area contributed by atoms with Crippen LogP contribution in [0.15, 0.2) is 12.1 Å². The summed E-state index contributed by atoms with van der Waals surface area (Å²) in [6.45, 7) is 3.92. The van der Waals surface area contributed by atoms with Gasteiger partial charge in [0.2, 0.25) is 0 Å². The second-order valence-electron chi connectivity index (χ2n) is 3.28. The van der Waals surface area contributed by atoms with Crippen molar-refractivity contribution in [2.75, 3.05) is 7.11 Å². The smallest absolute Gasteiger partial charge is 0.140 e. The number of nitrogens with two attached hydrogens (primary N) is 1. The van der Waals surface area contributed by atoms with Gasteiger partial charge in [-0.2, -0.15) is 0 Å². The molecule has 0 fully saturated rings. The van der Waals surface area contributed by atoms with Crippen LogP contribution in [0.5, 0.6) is 5.75 Å². The predicted octanol–water partition coefficient (Wildman–Crippen LogP) is 1.29. The van der Waals surface area contributed by atoms with Crippen LogP contribution in [0.1, 0.15) is 18.3 Å². The molecule has 0 bridgehead atoms. The predicted molar refractivity (Wildman–Crippen MR) is 52.9 cm³/mol. The molecule has 0 aliphatic heterocycles. The van der Waals surface area contributed by atoms with Crippen molar-refractivity contribution in [1.29, 1.82) is 0 Å². The van der Waals surface area contributed by atoms with E-state index in [1.54, 1.807) is 7.11 Å². The zero-order valence-electron chi connectivity index (χ0n) is 8.37. The number of hydrogen-bond acceptors (Lipinski definition) is 3. The summed E-state index contributed by atoms with van der Waals surface area (Å²) < 4.78 is 5.18. The highest BCUT2D eigenvalue weighted by Gasteiger charge is 2.06. The van der Waals surface area contributed by atoms with Gasteiger partial charge in [-0.15, -0.1) is 0 Å². The summed E-state index contributed by atoms with van der Waals surface area (Å²) in [5.41, 5.74) is 7.64. The third-order valence-electron chi connectivity index (χ3n) is 1.81. The summed E-state index contributed by atoms with van der Waals surface area (Å²) in [5, 5.41) is 0. The molecule has 0 spiro atoms. The normalized spacial score (nSPS) is 12.6. The van der Waals surface area contributed by atoms with Crippen LogP contribution >= 0.6 is 0 Å². The van der Waals surface area contributed by atoms with Gasteiger partial charge in [-0.3, -0.25) is 4.98 Å². The van der Waals surface area contributed by atoms with Crippen LogP contribution in [0.4, 0.5) is 0 Å². The van der Waals surface area contributed by atoms with E-state index in [0.29, 0.717) is 0 Å². The average Bonchev–Trinajstić information content (AvgIpc) is 2.03. The summed E-state index contributed by atoms with van der Waals surface area (Å²) >= 11 is 0. The topological polar surface area (TPSA) is 48.1 Å². The molecule has 3 nitrogen and oxygen atoms in total. The lowest BCUT2D eigenvalue weighted by Crippen LogP contribution is -2.19. The van der Waals surface area contributed by atoms with Gasteiger partial charge in [-0.1, -0.05) is 0 Å². The standard InChI is InChI=1S/C10H16N2O/c1-7(11)6-9-10(13-3)5-4-8(2)12-9/h4-5,7H,6,11H2,1-3H3. The van der Waals surface area contributed by atoms with Crippen molar-refractivity contribution in [2.24, 2.45) is 5.73 Å². The molecule has 1 heterocycles. The van der Waals surface area contributed by atoms with Gasteiger partial charge in [0.15, 0.2) is 0 Å². The molecule has 2 N–H and O–H groups in total. The molecule has 1 atom stereocenters. The molecule has 3 heteroatoms. The van der Waals surface area contributed by atoms with Crippen molar-refractivity contribution < 1.29 is 4.74 Å².